The molecule has 0 aliphatic carbocycles. The zero-order chi connectivity index (χ0) is 17.1. The second-order valence-electron chi connectivity index (χ2n) is 5.96. The molecular weight excluding hydrogens is 304 g/mol. The van der Waals surface area contributed by atoms with Crippen LogP contribution in [0.4, 0.5) is 0 Å². The van der Waals surface area contributed by atoms with Crippen molar-refractivity contribution >= 4 is 31.8 Å². The van der Waals surface area contributed by atoms with Crippen LogP contribution in [0.25, 0.3) is 32.7 Å². The molecule has 0 bridgehead atoms. The number of fused-ring (bicyclic) bond motifs is 2. The minimum Gasteiger partial charge on any atom is -0.0777 e. The molecule has 0 fully saturated rings. The monoisotopic (exact) mass is 328 g/mol. The zero-order valence-corrected chi connectivity index (χ0v) is 16.9. The van der Waals surface area contributed by atoms with Crippen LogP contribution in [0.3, 0.4) is 0 Å². The predicted octanol–water partition coefficient (Wildman–Crippen LogP) is 5.68. The molecule has 4 aromatic rings. The Morgan fingerprint density at radius 3 is 1.29 bits per heavy atom. The van der Waals surface area contributed by atoms with E-state index in [1.165, 1.54) is 54.0 Å². The summed E-state index contributed by atoms with van der Waals surface area (Å²) in [6.45, 7) is 6.56. The zero-order valence-electron chi connectivity index (χ0n) is 14.9. The molecule has 0 aliphatic rings. The van der Waals surface area contributed by atoms with Gasteiger partial charge in [0.15, 0.2) is 0 Å². The third-order valence-corrected chi connectivity index (χ3v) is 4.52. The van der Waals surface area contributed by atoms with E-state index in [2.05, 4.69) is 93.2 Å². The van der Waals surface area contributed by atoms with Crippen molar-refractivity contribution in [1.29, 1.82) is 0 Å². The molecule has 4 aromatic carbocycles. The fourth-order valence-electron chi connectivity index (χ4n) is 3.42. The van der Waals surface area contributed by atoms with Crippen molar-refractivity contribution in [1.82, 2.24) is 0 Å². The van der Waals surface area contributed by atoms with Gasteiger partial charge in [-0.15, -0.1) is 0 Å². The maximum Gasteiger partial charge on any atom is -0.000585 e. The second kappa shape index (κ2) is 7.02. The van der Waals surface area contributed by atoms with Crippen molar-refractivity contribution in [2.75, 3.05) is 0 Å². The van der Waals surface area contributed by atoms with E-state index in [9.17, 15) is 0 Å². The first-order chi connectivity index (χ1) is 11.8. The molecule has 4 rings (SSSR count). The van der Waals surface area contributed by atoms with E-state index >= 15 is 0 Å². The van der Waals surface area contributed by atoms with Crippen LogP contribution < -0.4 is 0 Å². The maximum atomic E-state index is 2.24. The summed E-state index contributed by atoms with van der Waals surface area (Å²) in [6, 6.07) is 26.2. The highest BCUT2D eigenvalue weighted by Gasteiger charge is 2.12. The first kappa shape index (κ1) is 16.5. The summed E-state index contributed by atoms with van der Waals surface area (Å²) < 4.78 is 0. The smallest absolute Gasteiger partial charge is 0.000585 e. The SMILES string of the molecule is C[SiH3].Cc1ccc2ccccc2c1-c1c(C)ccc2ccccc12. The molecule has 0 aliphatic heterocycles. The molecule has 0 saturated heterocycles. The summed E-state index contributed by atoms with van der Waals surface area (Å²) in [5.74, 6) is 0. The van der Waals surface area contributed by atoms with E-state index < -0.39 is 0 Å². The summed E-state index contributed by atoms with van der Waals surface area (Å²) in [6.07, 6.45) is 0. The van der Waals surface area contributed by atoms with Gasteiger partial charge in [0.25, 0.3) is 0 Å². The molecule has 0 unspecified atom stereocenters. The lowest BCUT2D eigenvalue weighted by Crippen LogP contribution is -1.91. The Labute approximate surface area is 147 Å². The molecule has 1 heteroatoms. The molecule has 0 spiro atoms. The van der Waals surface area contributed by atoms with E-state index in [1.54, 1.807) is 0 Å². The molecule has 120 valence electrons. The largest absolute Gasteiger partial charge is 0.0777 e. The highest BCUT2D eigenvalue weighted by Crippen LogP contribution is 2.38. The molecule has 0 nitrogen and oxygen atoms in total. The maximum absolute atomic E-state index is 2.24. The fraction of sp³-hybridized carbons (Fsp3) is 0.130. The lowest BCUT2D eigenvalue weighted by Gasteiger charge is -2.16. The van der Waals surface area contributed by atoms with Crippen molar-refractivity contribution < 1.29 is 0 Å². The molecule has 24 heavy (non-hydrogen) atoms. The molecule has 0 saturated carbocycles. The number of benzene rings is 4. The van der Waals surface area contributed by atoms with Crippen molar-refractivity contribution in [3.8, 4) is 11.1 Å². The van der Waals surface area contributed by atoms with Gasteiger partial charge in [0.05, 0.1) is 0 Å². The van der Waals surface area contributed by atoms with Crippen LogP contribution >= 0.6 is 0 Å². The van der Waals surface area contributed by atoms with Crippen LogP contribution in [0.1, 0.15) is 11.1 Å². The van der Waals surface area contributed by atoms with Gasteiger partial charge >= 0.3 is 0 Å². The third-order valence-electron chi connectivity index (χ3n) is 4.52. The van der Waals surface area contributed by atoms with Crippen LogP contribution in [0.5, 0.6) is 0 Å². The lowest BCUT2D eigenvalue weighted by molar-refractivity contribution is 1.45. The number of rotatable bonds is 1. The van der Waals surface area contributed by atoms with E-state index in [0.29, 0.717) is 0 Å². The Morgan fingerprint density at radius 1 is 0.500 bits per heavy atom. The number of hydrogen-bond acceptors (Lipinski definition) is 0. The first-order valence-electron chi connectivity index (χ1n) is 8.73. The van der Waals surface area contributed by atoms with Crippen LogP contribution in [-0.2, 0) is 0 Å². The van der Waals surface area contributed by atoms with Crippen LogP contribution in [0.2, 0.25) is 6.55 Å². The molecule has 0 atom stereocenters. The summed E-state index contributed by atoms with van der Waals surface area (Å²) in [5, 5.41) is 5.27. The molecule has 0 N–H and O–H groups in total. The predicted molar refractivity (Wildman–Crippen MR) is 112 cm³/mol. The average Bonchev–Trinajstić information content (AvgIpc) is 2.64. The molecule has 0 aromatic heterocycles. The van der Waals surface area contributed by atoms with Gasteiger partial charge in [0, 0.05) is 0 Å². The van der Waals surface area contributed by atoms with E-state index in [4.69, 9.17) is 0 Å². The van der Waals surface area contributed by atoms with Gasteiger partial charge in [-0.25, -0.2) is 0 Å². The number of aryl methyl sites for hydroxylation is 2. The first-order valence-corrected chi connectivity index (χ1v) is 10.7. The third kappa shape index (κ3) is 2.76. The summed E-state index contributed by atoms with van der Waals surface area (Å²) in [4.78, 5) is 0. The lowest BCUT2D eigenvalue weighted by atomic mass is 9.88. The average molecular weight is 329 g/mol. The van der Waals surface area contributed by atoms with Crippen molar-refractivity contribution in [2.45, 2.75) is 20.4 Å². The molecule has 0 heterocycles. The van der Waals surface area contributed by atoms with Gasteiger partial charge in [-0.05, 0) is 67.9 Å². The summed E-state index contributed by atoms with van der Waals surface area (Å²) in [5.41, 5.74) is 5.40. The Hall–Kier alpha value is -2.38. The van der Waals surface area contributed by atoms with Gasteiger partial charge in [0.2, 0.25) is 0 Å². The van der Waals surface area contributed by atoms with Gasteiger partial charge < -0.3 is 0 Å². The van der Waals surface area contributed by atoms with Crippen LogP contribution in [-0.4, -0.2) is 10.2 Å². The van der Waals surface area contributed by atoms with Gasteiger partial charge in [-0.3, -0.25) is 0 Å². The van der Waals surface area contributed by atoms with Crippen molar-refractivity contribution in [2.24, 2.45) is 0 Å². The van der Waals surface area contributed by atoms with Crippen molar-refractivity contribution in [3.05, 3.63) is 83.9 Å². The Balaban J connectivity index is 0.000000815. The second-order valence-corrected chi connectivity index (χ2v) is 5.96. The summed E-state index contributed by atoms with van der Waals surface area (Å²) >= 11 is 0. The van der Waals surface area contributed by atoms with Gasteiger partial charge in [-0.1, -0.05) is 79.3 Å². The Kier molecular flexibility index (Phi) is 4.82. The fourth-order valence-corrected chi connectivity index (χ4v) is 3.42. The number of hydrogen-bond donors (Lipinski definition) is 0. The van der Waals surface area contributed by atoms with Crippen molar-refractivity contribution in [3.63, 3.8) is 0 Å². The van der Waals surface area contributed by atoms with Crippen LogP contribution in [0, 0.1) is 13.8 Å². The Morgan fingerprint density at radius 2 is 0.875 bits per heavy atom. The normalized spacial score (nSPS) is 10.6. The van der Waals surface area contributed by atoms with E-state index in [-0.39, 0.29) is 0 Å². The molecule has 0 amide bonds. The minimum absolute atomic E-state index is 1.30. The summed E-state index contributed by atoms with van der Waals surface area (Å²) in [7, 11) is 1.31. The van der Waals surface area contributed by atoms with E-state index in [1.807, 2.05) is 0 Å². The highest BCUT2D eigenvalue weighted by molar-refractivity contribution is 6.07. The molecule has 0 radical (unpaired) electrons. The van der Waals surface area contributed by atoms with Gasteiger partial charge in [0.1, 0.15) is 0 Å². The molecular formula is C23H24Si. The minimum atomic E-state index is 1.30. The quantitative estimate of drug-likeness (QED) is 0.395. The van der Waals surface area contributed by atoms with Gasteiger partial charge in [-0.2, -0.15) is 0 Å². The standard InChI is InChI=1S/C22H18.CH6Si/c1-15-11-13-17-7-3-5-9-19(17)21(15)22-16(2)12-14-18-8-4-6-10-20(18)22;1-2/h3-14H,1-2H3;1-2H3. The highest BCUT2D eigenvalue weighted by atomic mass is 28.1. The Bertz CT molecular complexity index is 916. The van der Waals surface area contributed by atoms with E-state index in [0.717, 1.165) is 0 Å². The van der Waals surface area contributed by atoms with Crippen LogP contribution in [0.15, 0.2) is 72.8 Å². The topological polar surface area (TPSA) is 0 Å².